The number of thiocarbonyl (C=S) groups is 2. The van der Waals surface area contributed by atoms with Gasteiger partial charge < -0.3 is 10.6 Å². The van der Waals surface area contributed by atoms with Crippen molar-refractivity contribution in [2.45, 2.75) is 63.5 Å². The Morgan fingerprint density at radius 3 is 1.42 bits per heavy atom. The predicted octanol–water partition coefficient (Wildman–Crippen LogP) is -0.138. The first-order valence-electron chi connectivity index (χ1n) is 8.23. The molecule has 6 N–H and O–H groups in total. The molecule has 8 nitrogen and oxygen atoms in total. The molecule has 10 heteroatoms. The van der Waals surface area contributed by atoms with Crippen molar-refractivity contribution in [3.63, 3.8) is 0 Å². The maximum Gasteiger partial charge on any atom is 0.238 e. The standard InChI is InChI=1S/C14H24N6O2S2/c21-11(17-19-13(23)15-9-5-6-9)3-1-2-4-12(22)18-20-14(24)16-10-7-8-10/h9-10H,1-8H2,(H,17,21)(H,18,22)(H2,15,19,23)(H2,16,20,24). The van der Waals surface area contributed by atoms with Crippen LogP contribution in [-0.2, 0) is 9.59 Å². The summed E-state index contributed by atoms with van der Waals surface area (Å²) in [6.07, 6.45) is 6.38. The molecule has 0 bridgehead atoms. The predicted molar refractivity (Wildman–Crippen MR) is 98.5 cm³/mol. The number of unbranched alkanes of at least 4 members (excludes halogenated alkanes) is 1. The van der Waals surface area contributed by atoms with E-state index in [1.165, 1.54) is 0 Å². The van der Waals surface area contributed by atoms with Crippen LogP contribution in [0.5, 0.6) is 0 Å². The number of amides is 2. The number of rotatable bonds is 7. The Morgan fingerprint density at radius 2 is 1.08 bits per heavy atom. The molecule has 2 aliphatic rings. The van der Waals surface area contributed by atoms with Crippen LogP contribution in [0.1, 0.15) is 51.4 Å². The molecule has 0 heterocycles. The fourth-order valence-corrected chi connectivity index (χ4v) is 2.28. The smallest absolute Gasteiger partial charge is 0.238 e. The van der Waals surface area contributed by atoms with Gasteiger partial charge in [-0.3, -0.25) is 31.3 Å². The minimum absolute atomic E-state index is 0.150. The molecule has 0 aliphatic heterocycles. The summed E-state index contributed by atoms with van der Waals surface area (Å²) in [5.41, 5.74) is 10.4. The van der Waals surface area contributed by atoms with Crippen molar-refractivity contribution in [1.29, 1.82) is 0 Å². The molecule has 0 unspecified atom stereocenters. The van der Waals surface area contributed by atoms with Gasteiger partial charge in [0.05, 0.1) is 0 Å². The molecule has 134 valence electrons. The van der Waals surface area contributed by atoms with E-state index in [0.29, 0.717) is 48.0 Å². The van der Waals surface area contributed by atoms with Crippen molar-refractivity contribution in [1.82, 2.24) is 32.3 Å². The molecule has 0 aromatic rings. The first-order chi connectivity index (χ1) is 11.5. The Hall–Kier alpha value is -1.68. The van der Waals surface area contributed by atoms with Crippen LogP contribution in [0, 0.1) is 0 Å². The van der Waals surface area contributed by atoms with Gasteiger partial charge in [0.15, 0.2) is 10.2 Å². The summed E-state index contributed by atoms with van der Waals surface area (Å²) in [6, 6.07) is 0.891. The summed E-state index contributed by atoms with van der Waals surface area (Å²) >= 11 is 10.1. The zero-order chi connectivity index (χ0) is 17.4. The largest absolute Gasteiger partial charge is 0.359 e. The number of carbonyl (C=O) groups is 2. The molecule has 24 heavy (non-hydrogen) atoms. The molecular formula is C14H24N6O2S2. The maximum atomic E-state index is 11.6. The number of hydrazine groups is 2. The molecule has 2 amide bonds. The average Bonchev–Trinajstić information content (AvgIpc) is 3.44. The second-order valence-corrected chi connectivity index (χ2v) is 6.87. The van der Waals surface area contributed by atoms with E-state index in [9.17, 15) is 9.59 Å². The molecule has 0 radical (unpaired) electrons. The zero-order valence-corrected chi connectivity index (χ0v) is 15.1. The van der Waals surface area contributed by atoms with Crippen LogP contribution >= 0.6 is 24.4 Å². The highest BCUT2D eigenvalue weighted by molar-refractivity contribution is 7.80. The molecule has 2 saturated carbocycles. The van der Waals surface area contributed by atoms with Gasteiger partial charge in [0.2, 0.25) is 11.8 Å². The lowest BCUT2D eigenvalue weighted by Gasteiger charge is -2.11. The molecule has 0 atom stereocenters. The molecule has 0 saturated heterocycles. The van der Waals surface area contributed by atoms with Gasteiger partial charge in [0, 0.05) is 24.9 Å². The molecule has 2 aliphatic carbocycles. The lowest BCUT2D eigenvalue weighted by atomic mass is 10.2. The highest BCUT2D eigenvalue weighted by Gasteiger charge is 2.22. The van der Waals surface area contributed by atoms with E-state index in [0.717, 1.165) is 25.7 Å². The Labute approximate surface area is 152 Å². The molecule has 2 fully saturated rings. The van der Waals surface area contributed by atoms with E-state index in [-0.39, 0.29) is 11.8 Å². The zero-order valence-electron chi connectivity index (χ0n) is 13.4. The topological polar surface area (TPSA) is 106 Å². The van der Waals surface area contributed by atoms with E-state index in [1.807, 2.05) is 0 Å². The summed E-state index contributed by atoms with van der Waals surface area (Å²) in [7, 11) is 0. The minimum atomic E-state index is -0.150. The van der Waals surface area contributed by atoms with Crippen molar-refractivity contribution in [2.24, 2.45) is 0 Å². The van der Waals surface area contributed by atoms with Gasteiger partial charge in [-0.1, -0.05) is 0 Å². The third kappa shape index (κ3) is 8.82. The van der Waals surface area contributed by atoms with Gasteiger partial charge in [-0.25, -0.2) is 0 Å². The second kappa shape index (κ2) is 9.58. The fraction of sp³-hybridized carbons (Fsp3) is 0.714. The van der Waals surface area contributed by atoms with E-state index in [1.54, 1.807) is 0 Å². The molecule has 0 spiro atoms. The normalized spacial score (nSPS) is 15.8. The van der Waals surface area contributed by atoms with Crippen LogP contribution in [0.4, 0.5) is 0 Å². The van der Waals surface area contributed by atoms with Crippen LogP contribution in [0.3, 0.4) is 0 Å². The first-order valence-corrected chi connectivity index (χ1v) is 9.05. The van der Waals surface area contributed by atoms with Crippen LogP contribution in [0.25, 0.3) is 0 Å². The monoisotopic (exact) mass is 372 g/mol. The van der Waals surface area contributed by atoms with Crippen LogP contribution in [0.15, 0.2) is 0 Å². The Kier molecular flexibility index (Phi) is 7.44. The number of hydrogen-bond donors (Lipinski definition) is 6. The lowest BCUT2D eigenvalue weighted by molar-refractivity contribution is -0.123. The van der Waals surface area contributed by atoms with Crippen LogP contribution in [-0.4, -0.2) is 34.1 Å². The van der Waals surface area contributed by atoms with Gasteiger partial charge in [0.25, 0.3) is 0 Å². The SMILES string of the molecule is O=C(CCCCC(=O)NNC(=S)NC1CC1)NNC(=S)NC1CC1. The van der Waals surface area contributed by atoms with Crippen molar-refractivity contribution >= 4 is 46.5 Å². The summed E-state index contributed by atoms with van der Waals surface area (Å²) in [5.74, 6) is -0.299. The fourth-order valence-electron chi connectivity index (χ4n) is 1.85. The first kappa shape index (κ1) is 18.7. The van der Waals surface area contributed by atoms with Crippen molar-refractivity contribution in [3.05, 3.63) is 0 Å². The van der Waals surface area contributed by atoms with Gasteiger partial charge in [-0.15, -0.1) is 0 Å². The Bertz CT molecular complexity index is 450. The van der Waals surface area contributed by atoms with E-state index < -0.39 is 0 Å². The molecule has 0 aromatic heterocycles. The van der Waals surface area contributed by atoms with Crippen LogP contribution < -0.4 is 32.3 Å². The summed E-state index contributed by atoms with van der Waals surface area (Å²) in [5, 5.41) is 6.99. The Balaban J connectivity index is 1.41. The van der Waals surface area contributed by atoms with Crippen molar-refractivity contribution < 1.29 is 9.59 Å². The summed E-state index contributed by atoms with van der Waals surface area (Å²) in [6.45, 7) is 0. The molecular weight excluding hydrogens is 348 g/mol. The van der Waals surface area contributed by atoms with Gasteiger partial charge in [-0.2, -0.15) is 0 Å². The van der Waals surface area contributed by atoms with Gasteiger partial charge in [-0.05, 0) is 63.0 Å². The van der Waals surface area contributed by atoms with Crippen molar-refractivity contribution in [3.8, 4) is 0 Å². The third-order valence-corrected chi connectivity index (χ3v) is 3.95. The third-order valence-electron chi connectivity index (χ3n) is 3.51. The van der Waals surface area contributed by atoms with Gasteiger partial charge >= 0.3 is 0 Å². The number of nitrogens with one attached hydrogen (secondary N) is 6. The van der Waals surface area contributed by atoms with Crippen LogP contribution in [0.2, 0.25) is 0 Å². The molecule has 0 aromatic carbocycles. The average molecular weight is 373 g/mol. The van der Waals surface area contributed by atoms with E-state index in [4.69, 9.17) is 24.4 Å². The Morgan fingerprint density at radius 1 is 0.708 bits per heavy atom. The highest BCUT2D eigenvalue weighted by atomic mass is 32.1. The summed E-state index contributed by atoms with van der Waals surface area (Å²) in [4.78, 5) is 23.2. The highest BCUT2D eigenvalue weighted by Crippen LogP contribution is 2.18. The second-order valence-electron chi connectivity index (χ2n) is 6.05. The summed E-state index contributed by atoms with van der Waals surface area (Å²) < 4.78 is 0. The molecule has 2 rings (SSSR count). The van der Waals surface area contributed by atoms with Crippen molar-refractivity contribution in [2.75, 3.05) is 0 Å². The van der Waals surface area contributed by atoms with E-state index >= 15 is 0 Å². The quantitative estimate of drug-likeness (QED) is 0.208. The number of hydrogen-bond acceptors (Lipinski definition) is 4. The van der Waals surface area contributed by atoms with Gasteiger partial charge in [0.1, 0.15) is 0 Å². The maximum absolute atomic E-state index is 11.6. The number of carbonyl (C=O) groups excluding carboxylic acids is 2. The van der Waals surface area contributed by atoms with E-state index in [2.05, 4.69) is 32.3 Å². The lowest BCUT2D eigenvalue weighted by Crippen LogP contribution is -2.47. The minimum Gasteiger partial charge on any atom is -0.359 e.